The first kappa shape index (κ1) is 20.0. The first-order chi connectivity index (χ1) is 12.3. The van der Waals surface area contributed by atoms with E-state index < -0.39 is 18.0 Å². The summed E-state index contributed by atoms with van der Waals surface area (Å²) in [5.41, 5.74) is 1.47. The molecule has 1 aliphatic carbocycles. The minimum Gasteiger partial charge on any atom is -0.461 e. The van der Waals surface area contributed by atoms with Crippen LogP contribution in [0.1, 0.15) is 78.1 Å². The second-order valence-electron chi connectivity index (χ2n) is 6.74. The highest BCUT2D eigenvalue weighted by Gasteiger charge is 2.27. The summed E-state index contributed by atoms with van der Waals surface area (Å²) in [7, 11) is 0. The molecule has 1 aromatic rings. The van der Waals surface area contributed by atoms with Gasteiger partial charge in [0.05, 0.1) is 12.2 Å². The average molecular weight is 364 g/mol. The third-order valence-electron chi connectivity index (χ3n) is 4.73. The fourth-order valence-electron chi connectivity index (χ4n) is 3.30. The Morgan fingerprint density at radius 3 is 2.42 bits per heavy atom. The van der Waals surface area contributed by atoms with Crippen LogP contribution in [0.25, 0.3) is 0 Å². The van der Waals surface area contributed by atoms with Crippen molar-refractivity contribution in [1.82, 2.24) is 10.3 Å². The SMILES string of the molecule is CCOC(=O)c1[nH]c(C)c(C(=O)O[C@H](C)C(=O)NC2CCCCC2)c1C. The highest BCUT2D eigenvalue weighted by Crippen LogP contribution is 2.21. The second kappa shape index (κ2) is 8.87. The van der Waals surface area contributed by atoms with E-state index in [-0.39, 0.29) is 29.8 Å². The van der Waals surface area contributed by atoms with Gasteiger partial charge in [0.2, 0.25) is 0 Å². The minimum atomic E-state index is -0.899. The molecular formula is C19H28N2O5. The van der Waals surface area contributed by atoms with E-state index in [1.54, 1.807) is 27.7 Å². The van der Waals surface area contributed by atoms with Gasteiger partial charge < -0.3 is 19.8 Å². The number of nitrogens with one attached hydrogen (secondary N) is 2. The number of rotatable bonds is 6. The van der Waals surface area contributed by atoms with Crippen molar-refractivity contribution in [2.24, 2.45) is 0 Å². The molecule has 7 heteroatoms. The Labute approximate surface area is 153 Å². The predicted octanol–water partition coefficient (Wildman–Crippen LogP) is 2.80. The normalized spacial score (nSPS) is 16.0. The van der Waals surface area contributed by atoms with E-state index in [0.29, 0.717) is 11.3 Å². The summed E-state index contributed by atoms with van der Waals surface area (Å²) in [6, 6.07) is 0.156. The molecule has 144 valence electrons. The number of aryl methyl sites for hydroxylation is 1. The lowest BCUT2D eigenvalue weighted by atomic mass is 9.95. The molecule has 0 aromatic carbocycles. The summed E-state index contributed by atoms with van der Waals surface area (Å²) in [5.74, 6) is -1.44. The zero-order valence-corrected chi connectivity index (χ0v) is 15.9. The van der Waals surface area contributed by atoms with Gasteiger partial charge in [0.25, 0.3) is 5.91 Å². The standard InChI is InChI=1S/C19H28N2O5/c1-5-25-19(24)16-11(2)15(12(3)20-16)18(23)26-13(4)17(22)21-14-9-7-6-8-10-14/h13-14,20H,5-10H2,1-4H3,(H,21,22)/t13-/m1/s1. The quantitative estimate of drug-likeness (QED) is 0.757. The number of amides is 1. The second-order valence-corrected chi connectivity index (χ2v) is 6.74. The number of ether oxygens (including phenoxy) is 2. The van der Waals surface area contributed by atoms with Crippen molar-refractivity contribution in [3.05, 3.63) is 22.5 Å². The summed E-state index contributed by atoms with van der Waals surface area (Å²) in [5, 5.41) is 2.95. The van der Waals surface area contributed by atoms with Gasteiger partial charge in [0.15, 0.2) is 6.10 Å². The zero-order chi connectivity index (χ0) is 19.3. The Morgan fingerprint density at radius 2 is 1.81 bits per heavy atom. The van der Waals surface area contributed by atoms with Crippen LogP contribution >= 0.6 is 0 Å². The third-order valence-corrected chi connectivity index (χ3v) is 4.73. The monoisotopic (exact) mass is 364 g/mol. The van der Waals surface area contributed by atoms with Crippen LogP contribution in [0.15, 0.2) is 0 Å². The predicted molar refractivity (Wildman–Crippen MR) is 96.1 cm³/mol. The average Bonchev–Trinajstić information content (AvgIpc) is 2.90. The molecule has 0 aliphatic heterocycles. The molecule has 1 heterocycles. The number of hydrogen-bond acceptors (Lipinski definition) is 5. The van der Waals surface area contributed by atoms with E-state index in [9.17, 15) is 14.4 Å². The number of hydrogen-bond donors (Lipinski definition) is 2. The molecule has 1 saturated carbocycles. The van der Waals surface area contributed by atoms with Crippen LogP contribution in [-0.4, -0.2) is 41.6 Å². The molecule has 1 fully saturated rings. The lowest BCUT2D eigenvalue weighted by Gasteiger charge is -2.24. The maximum absolute atomic E-state index is 12.5. The minimum absolute atomic E-state index is 0.156. The maximum Gasteiger partial charge on any atom is 0.355 e. The van der Waals surface area contributed by atoms with Gasteiger partial charge in [-0.1, -0.05) is 19.3 Å². The van der Waals surface area contributed by atoms with E-state index in [1.807, 2.05) is 0 Å². The van der Waals surface area contributed by atoms with Crippen LogP contribution in [0.2, 0.25) is 0 Å². The molecule has 0 saturated heterocycles. The van der Waals surface area contributed by atoms with Gasteiger partial charge in [-0.15, -0.1) is 0 Å². The van der Waals surface area contributed by atoms with Gasteiger partial charge in [0.1, 0.15) is 5.69 Å². The van der Waals surface area contributed by atoms with Crippen molar-refractivity contribution < 1.29 is 23.9 Å². The van der Waals surface area contributed by atoms with Gasteiger partial charge in [-0.05, 0) is 46.1 Å². The van der Waals surface area contributed by atoms with Crippen LogP contribution in [0.4, 0.5) is 0 Å². The van der Waals surface area contributed by atoms with Crippen molar-refractivity contribution in [3.63, 3.8) is 0 Å². The van der Waals surface area contributed by atoms with Crippen LogP contribution in [0.3, 0.4) is 0 Å². The number of H-pyrrole nitrogens is 1. The number of aromatic nitrogens is 1. The van der Waals surface area contributed by atoms with Gasteiger partial charge in [-0.25, -0.2) is 9.59 Å². The Kier molecular flexibility index (Phi) is 6.83. The largest absolute Gasteiger partial charge is 0.461 e. The molecule has 2 N–H and O–H groups in total. The molecule has 1 aliphatic rings. The van der Waals surface area contributed by atoms with Crippen molar-refractivity contribution in [1.29, 1.82) is 0 Å². The fraction of sp³-hybridized carbons (Fsp3) is 0.632. The number of aromatic amines is 1. The third kappa shape index (κ3) is 4.65. The van der Waals surface area contributed by atoms with E-state index in [1.165, 1.54) is 6.42 Å². The molecule has 1 amide bonds. The Bertz CT molecular complexity index is 674. The van der Waals surface area contributed by atoms with Crippen LogP contribution in [0, 0.1) is 13.8 Å². The molecule has 0 bridgehead atoms. The smallest absolute Gasteiger partial charge is 0.355 e. The fourth-order valence-corrected chi connectivity index (χ4v) is 3.30. The summed E-state index contributed by atoms with van der Waals surface area (Å²) in [6.07, 6.45) is 4.45. The first-order valence-electron chi connectivity index (χ1n) is 9.22. The van der Waals surface area contributed by atoms with E-state index in [0.717, 1.165) is 25.7 Å². The molecule has 0 spiro atoms. The number of carbonyl (C=O) groups is 3. The van der Waals surface area contributed by atoms with Crippen LogP contribution < -0.4 is 5.32 Å². The molecule has 7 nitrogen and oxygen atoms in total. The summed E-state index contributed by atoms with van der Waals surface area (Å²) < 4.78 is 10.3. The molecule has 1 atom stereocenters. The number of esters is 2. The van der Waals surface area contributed by atoms with Gasteiger partial charge in [0, 0.05) is 11.7 Å². The zero-order valence-electron chi connectivity index (χ0n) is 15.9. The Morgan fingerprint density at radius 1 is 1.15 bits per heavy atom. The van der Waals surface area contributed by atoms with Crippen molar-refractivity contribution in [2.75, 3.05) is 6.61 Å². The molecule has 1 aromatic heterocycles. The lowest BCUT2D eigenvalue weighted by Crippen LogP contribution is -2.42. The molecule has 2 rings (SSSR count). The van der Waals surface area contributed by atoms with Gasteiger partial charge >= 0.3 is 11.9 Å². The van der Waals surface area contributed by atoms with Gasteiger partial charge in [-0.2, -0.15) is 0 Å². The topological polar surface area (TPSA) is 97.5 Å². The number of carbonyl (C=O) groups excluding carboxylic acids is 3. The molecule has 0 unspecified atom stereocenters. The summed E-state index contributed by atoms with van der Waals surface area (Å²) in [4.78, 5) is 39.6. The van der Waals surface area contributed by atoms with Crippen molar-refractivity contribution >= 4 is 17.8 Å². The first-order valence-corrected chi connectivity index (χ1v) is 9.22. The van der Waals surface area contributed by atoms with E-state index in [2.05, 4.69) is 10.3 Å². The van der Waals surface area contributed by atoms with Crippen molar-refractivity contribution in [2.45, 2.75) is 71.9 Å². The highest BCUT2D eigenvalue weighted by atomic mass is 16.5. The van der Waals surface area contributed by atoms with E-state index >= 15 is 0 Å². The Balaban J connectivity index is 2.02. The van der Waals surface area contributed by atoms with Crippen LogP contribution in [-0.2, 0) is 14.3 Å². The van der Waals surface area contributed by atoms with Gasteiger partial charge in [-0.3, -0.25) is 4.79 Å². The maximum atomic E-state index is 12.5. The summed E-state index contributed by atoms with van der Waals surface area (Å²) >= 11 is 0. The van der Waals surface area contributed by atoms with E-state index in [4.69, 9.17) is 9.47 Å². The molecule has 0 radical (unpaired) electrons. The molecule has 26 heavy (non-hydrogen) atoms. The Hall–Kier alpha value is -2.31. The molecular weight excluding hydrogens is 336 g/mol. The lowest BCUT2D eigenvalue weighted by molar-refractivity contribution is -0.130. The highest BCUT2D eigenvalue weighted by molar-refractivity contribution is 5.99. The van der Waals surface area contributed by atoms with Crippen molar-refractivity contribution in [3.8, 4) is 0 Å². The summed E-state index contributed by atoms with van der Waals surface area (Å²) in [6.45, 7) is 6.84. The van der Waals surface area contributed by atoms with Crippen LogP contribution in [0.5, 0.6) is 0 Å².